The number of nitriles is 1. The van der Waals surface area contributed by atoms with Crippen LogP contribution >= 0.6 is 11.6 Å². The van der Waals surface area contributed by atoms with E-state index >= 15 is 0 Å². The summed E-state index contributed by atoms with van der Waals surface area (Å²) in [6, 6.07) is 8.33. The van der Waals surface area contributed by atoms with Gasteiger partial charge in [-0.3, -0.25) is 4.79 Å². The molecule has 1 aromatic heterocycles. The van der Waals surface area contributed by atoms with Gasteiger partial charge in [-0.25, -0.2) is 4.98 Å². The summed E-state index contributed by atoms with van der Waals surface area (Å²) in [5.41, 5.74) is 5.48. The summed E-state index contributed by atoms with van der Waals surface area (Å²) in [5, 5.41) is 10.8. The number of nitrogens with zero attached hydrogens (tertiary/aromatic N) is 5. The van der Waals surface area contributed by atoms with Gasteiger partial charge in [0, 0.05) is 37.8 Å². The van der Waals surface area contributed by atoms with Crippen LogP contribution in [0.15, 0.2) is 30.9 Å². The number of pyridine rings is 1. The maximum Gasteiger partial charge on any atom is 0.246 e. The number of carbonyl (C=O) groups excluding carboxylic acids is 1. The molecule has 178 valence electrons. The van der Waals surface area contributed by atoms with Gasteiger partial charge in [0.15, 0.2) is 0 Å². The Morgan fingerprint density at radius 2 is 2.15 bits per heavy atom. The Balaban J connectivity index is 1.76. The van der Waals surface area contributed by atoms with E-state index in [4.69, 9.17) is 21.3 Å². The van der Waals surface area contributed by atoms with Crippen molar-refractivity contribution < 1.29 is 9.53 Å². The third-order valence-corrected chi connectivity index (χ3v) is 6.90. The summed E-state index contributed by atoms with van der Waals surface area (Å²) in [6.45, 7) is 13.2. The smallest absolute Gasteiger partial charge is 0.246 e. The zero-order valence-corrected chi connectivity index (χ0v) is 20.7. The molecular weight excluding hydrogens is 450 g/mol. The Bertz CT molecular complexity index is 1140. The lowest BCUT2D eigenvalue weighted by Crippen LogP contribution is -2.54. The zero-order valence-electron chi connectivity index (χ0n) is 20.0. The van der Waals surface area contributed by atoms with Crippen LogP contribution < -0.4 is 14.5 Å². The zero-order chi connectivity index (χ0) is 24.4. The molecule has 1 fully saturated rings. The molecule has 0 aliphatic carbocycles. The SMILES string of the molecule is C=CC(=O)N1CCN(c2c(C#N)c(OCC)nc3c2CCN(c2c(C)cccc2Cl)C3)[C@@H](C)C1. The topological polar surface area (TPSA) is 72.7 Å². The highest BCUT2D eigenvalue weighted by atomic mass is 35.5. The van der Waals surface area contributed by atoms with Crippen molar-refractivity contribution in [2.45, 2.75) is 39.8 Å². The Hall–Kier alpha value is -3.24. The van der Waals surface area contributed by atoms with Crippen LogP contribution in [0.2, 0.25) is 5.02 Å². The van der Waals surface area contributed by atoms with Gasteiger partial charge in [-0.2, -0.15) is 5.26 Å². The molecule has 1 amide bonds. The van der Waals surface area contributed by atoms with Crippen molar-refractivity contribution in [1.82, 2.24) is 9.88 Å². The van der Waals surface area contributed by atoms with Gasteiger partial charge in [0.2, 0.25) is 11.8 Å². The summed E-state index contributed by atoms with van der Waals surface area (Å²) in [4.78, 5) is 23.3. The van der Waals surface area contributed by atoms with E-state index in [1.54, 1.807) is 4.90 Å². The number of rotatable bonds is 5. The lowest BCUT2D eigenvalue weighted by atomic mass is 9.96. The maximum absolute atomic E-state index is 12.2. The number of amides is 1. The molecule has 0 N–H and O–H groups in total. The summed E-state index contributed by atoms with van der Waals surface area (Å²) in [6.07, 6.45) is 2.10. The molecule has 1 aromatic carbocycles. The van der Waals surface area contributed by atoms with Crippen molar-refractivity contribution in [3.8, 4) is 11.9 Å². The van der Waals surface area contributed by atoms with Gasteiger partial charge in [-0.1, -0.05) is 30.3 Å². The highest BCUT2D eigenvalue weighted by Crippen LogP contribution is 2.40. The number of piperazine rings is 1. The first-order chi connectivity index (χ1) is 16.4. The molecule has 1 saturated heterocycles. The van der Waals surface area contributed by atoms with E-state index in [0.29, 0.717) is 44.2 Å². The van der Waals surface area contributed by atoms with E-state index in [1.165, 1.54) is 6.08 Å². The Kier molecular flexibility index (Phi) is 6.99. The molecule has 3 heterocycles. The number of fused-ring (bicyclic) bond motifs is 1. The number of carbonyl (C=O) groups is 1. The Labute approximate surface area is 206 Å². The third kappa shape index (κ3) is 4.30. The number of ether oxygens (including phenoxy) is 1. The van der Waals surface area contributed by atoms with Crippen LogP contribution in [0.5, 0.6) is 5.88 Å². The predicted molar refractivity (Wildman–Crippen MR) is 135 cm³/mol. The third-order valence-electron chi connectivity index (χ3n) is 6.59. The number of anilines is 2. The lowest BCUT2D eigenvalue weighted by molar-refractivity contribution is -0.126. The van der Waals surface area contributed by atoms with E-state index < -0.39 is 0 Å². The molecule has 0 spiro atoms. The average molecular weight is 480 g/mol. The van der Waals surface area contributed by atoms with Gasteiger partial charge in [0.1, 0.15) is 11.6 Å². The highest BCUT2D eigenvalue weighted by Gasteiger charge is 2.34. The van der Waals surface area contributed by atoms with Gasteiger partial charge in [0.25, 0.3) is 0 Å². The fraction of sp³-hybridized carbons (Fsp3) is 0.423. The van der Waals surface area contributed by atoms with E-state index in [9.17, 15) is 10.1 Å². The number of para-hydroxylation sites is 1. The minimum absolute atomic E-state index is 0.0366. The largest absolute Gasteiger partial charge is 0.477 e. The number of aromatic nitrogens is 1. The summed E-state index contributed by atoms with van der Waals surface area (Å²) >= 11 is 6.56. The molecule has 0 unspecified atom stereocenters. The molecule has 2 aliphatic rings. The molecule has 34 heavy (non-hydrogen) atoms. The second-order valence-corrected chi connectivity index (χ2v) is 9.13. The molecule has 8 heteroatoms. The van der Waals surface area contributed by atoms with Gasteiger partial charge >= 0.3 is 0 Å². The molecular formula is C26H30ClN5O2. The van der Waals surface area contributed by atoms with Crippen molar-refractivity contribution in [3.63, 3.8) is 0 Å². The number of aryl methyl sites for hydroxylation is 1. The monoisotopic (exact) mass is 479 g/mol. The van der Waals surface area contributed by atoms with E-state index in [2.05, 4.69) is 42.4 Å². The molecule has 2 aliphatic heterocycles. The first-order valence-electron chi connectivity index (χ1n) is 11.7. The molecule has 7 nitrogen and oxygen atoms in total. The van der Waals surface area contributed by atoms with E-state index in [0.717, 1.165) is 46.2 Å². The summed E-state index contributed by atoms with van der Waals surface area (Å²) in [7, 11) is 0. The van der Waals surface area contributed by atoms with Crippen LogP contribution in [0, 0.1) is 18.3 Å². The molecule has 0 radical (unpaired) electrons. The second-order valence-electron chi connectivity index (χ2n) is 8.72. The van der Waals surface area contributed by atoms with Crippen LogP contribution in [0.3, 0.4) is 0 Å². The molecule has 0 bridgehead atoms. The van der Waals surface area contributed by atoms with Gasteiger partial charge in [-0.15, -0.1) is 0 Å². The normalized spacial score (nSPS) is 17.7. The number of hydrogen-bond donors (Lipinski definition) is 0. The standard InChI is InChI=1S/C26H30ClN5O2/c1-5-23(33)30-12-13-32(18(4)15-30)25-19-10-11-31(24-17(3)8-7-9-21(24)27)16-22(19)29-26(34-6-2)20(25)14-28/h5,7-9,18H,1,6,10-13,15-16H2,2-4H3/t18-/m0/s1. The minimum Gasteiger partial charge on any atom is -0.477 e. The summed E-state index contributed by atoms with van der Waals surface area (Å²) in [5.74, 6) is 0.304. The Morgan fingerprint density at radius 1 is 1.35 bits per heavy atom. The van der Waals surface area contributed by atoms with Gasteiger partial charge < -0.3 is 19.4 Å². The molecule has 0 saturated carbocycles. The average Bonchev–Trinajstić information content (AvgIpc) is 2.83. The molecule has 4 rings (SSSR count). The van der Waals surface area contributed by atoms with Gasteiger partial charge in [-0.05, 0) is 44.9 Å². The fourth-order valence-electron chi connectivity index (χ4n) is 5.03. The second kappa shape index (κ2) is 9.94. The van der Waals surface area contributed by atoms with Crippen molar-refractivity contribution in [3.05, 3.63) is 58.3 Å². The number of benzene rings is 1. The lowest BCUT2D eigenvalue weighted by Gasteiger charge is -2.43. The Morgan fingerprint density at radius 3 is 2.79 bits per heavy atom. The number of halogens is 1. The van der Waals surface area contributed by atoms with Crippen LogP contribution in [-0.2, 0) is 17.8 Å². The van der Waals surface area contributed by atoms with Gasteiger partial charge in [0.05, 0.1) is 35.2 Å². The van der Waals surface area contributed by atoms with Crippen molar-refractivity contribution >= 4 is 28.9 Å². The maximum atomic E-state index is 12.2. The summed E-state index contributed by atoms with van der Waals surface area (Å²) < 4.78 is 5.84. The molecule has 1 atom stereocenters. The first-order valence-corrected chi connectivity index (χ1v) is 12.0. The van der Waals surface area contributed by atoms with E-state index in [1.807, 2.05) is 19.1 Å². The quantitative estimate of drug-likeness (QED) is 0.601. The van der Waals surface area contributed by atoms with Crippen molar-refractivity contribution in [1.29, 1.82) is 5.26 Å². The highest BCUT2D eigenvalue weighted by molar-refractivity contribution is 6.33. The van der Waals surface area contributed by atoms with Crippen LogP contribution in [-0.4, -0.2) is 54.6 Å². The minimum atomic E-state index is -0.0653. The van der Waals surface area contributed by atoms with E-state index in [-0.39, 0.29) is 11.9 Å². The van der Waals surface area contributed by atoms with Crippen molar-refractivity contribution in [2.75, 3.05) is 42.6 Å². The first kappa shape index (κ1) is 23.9. The molecule has 2 aromatic rings. The van der Waals surface area contributed by atoms with Crippen molar-refractivity contribution in [2.24, 2.45) is 0 Å². The predicted octanol–water partition coefficient (Wildman–Crippen LogP) is 4.10. The fourth-order valence-corrected chi connectivity index (χ4v) is 5.37. The van der Waals surface area contributed by atoms with Crippen LogP contribution in [0.1, 0.15) is 36.2 Å². The number of hydrogen-bond acceptors (Lipinski definition) is 6. The van der Waals surface area contributed by atoms with Crippen LogP contribution in [0.25, 0.3) is 0 Å². The van der Waals surface area contributed by atoms with Crippen LogP contribution in [0.4, 0.5) is 11.4 Å².